The van der Waals surface area contributed by atoms with E-state index in [0.29, 0.717) is 32.1 Å². The summed E-state index contributed by atoms with van der Waals surface area (Å²) < 4.78 is 13.0. The van der Waals surface area contributed by atoms with Crippen molar-refractivity contribution in [2.75, 3.05) is 44.2 Å². The van der Waals surface area contributed by atoms with Crippen molar-refractivity contribution in [2.24, 2.45) is 4.99 Å². The van der Waals surface area contributed by atoms with Gasteiger partial charge in [-0.25, -0.2) is 4.39 Å². The van der Waals surface area contributed by atoms with Crippen LogP contribution in [0, 0.1) is 5.82 Å². The Labute approximate surface area is 155 Å². The zero-order valence-corrected chi connectivity index (χ0v) is 16.0. The van der Waals surface area contributed by atoms with Crippen molar-refractivity contribution < 1.29 is 9.18 Å². The normalized spacial score (nSPS) is 15.3. The quantitative estimate of drug-likeness (QED) is 0.598. The molecule has 1 fully saturated rings. The molecule has 0 atom stereocenters. The van der Waals surface area contributed by atoms with E-state index in [2.05, 4.69) is 34.4 Å². The first kappa shape index (κ1) is 20.0. The molecule has 26 heavy (non-hydrogen) atoms. The van der Waals surface area contributed by atoms with E-state index >= 15 is 0 Å². The molecule has 144 valence electrons. The van der Waals surface area contributed by atoms with Crippen LogP contribution in [-0.2, 0) is 4.79 Å². The molecule has 2 rings (SSSR count). The fourth-order valence-corrected chi connectivity index (χ4v) is 2.88. The van der Waals surface area contributed by atoms with E-state index in [1.807, 2.05) is 11.8 Å². The number of aliphatic imine (C=N–C) groups is 1. The average Bonchev–Trinajstić information content (AvgIpc) is 2.62. The Kier molecular flexibility index (Phi) is 7.69. The highest BCUT2D eigenvalue weighted by Gasteiger charge is 2.20. The van der Waals surface area contributed by atoms with E-state index in [1.54, 1.807) is 12.1 Å². The van der Waals surface area contributed by atoms with E-state index in [-0.39, 0.29) is 11.7 Å². The van der Waals surface area contributed by atoms with Gasteiger partial charge in [-0.3, -0.25) is 9.79 Å². The molecule has 0 saturated carbocycles. The second kappa shape index (κ2) is 9.99. The van der Waals surface area contributed by atoms with Crippen molar-refractivity contribution >= 4 is 17.6 Å². The number of halogens is 1. The average molecular weight is 363 g/mol. The number of nitrogens with one attached hydrogen (secondary N) is 2. The van der Waals surface area contributed by atoms with Crippen LogP contribution in [0.2, 0.25) is 0 Å². The lowest BCUT2D eigenvalue weighted by atomic mass is 10.2. The molecule has 0 radical (unpaired) electrons. The van der Waals surface area contributed by atoms with Crippen LogP contribution in [0.5, 0.6) is 0 Å². The van der Waals surface area contributed by atoms with Crippen molar-refractivity contribution in [2.45, 2.75) is 33.2 Å². The van der Waals surface area contributed by atoms with Crippen molar-refractivity contribution in [3.63, 3.8) is 0 Å². The summed E-state index contributed by atoms with van der Waals surface area (Å²) in [6.45, 7) is 10.3. The van der Waals surface area contributed by atoms with E-state index in [1.165, 1.54) is 12.1 Å². The minimum atomic E-state index is -0.230. The number of anilines is 1. The van der Waals surface area contributed by atoms with Crippen molar-refractivity contribution in [1.29, 1.82) is 0 Å². The first-order valence-electron chi connectivity index (χ1n) is 9.32. The molecule has 0 aliphatic carbocycles. The number of hydrogen-bond donors (Lipinski definition) is 2. The predicted octanol–water partition coefficient (Wildman–Crippen LogP) is 1.83. The van der Waals surface area contributed by atoms with Crippen LogP contribution in [0.1, 0.15) is 27.2 Å². The van der Waals surface area contributed by atoms with Gasteiger partial charge in [0.15, 0.2) is 5.96 Å². The largest absolute Gasteiger partial charge is 0.368 e. The zero-order valence-electron chi connectivity index (χ0n) is 16.0. The number of hydrogen-bond acceptors (Lipinski definition) is 3. The van der Waals surface area contributed by atoms with E-state index in [4.69, 9.17) is 0 Å². The van der Waals surface area contributed by atoms with Gasteiger partial charge in [0.1, 0.15) is 5.82 Å². The molecular weight excluding hydrogens is 333 g/mol. The molecule has 1 saturated heterocycles. The number of carbonyl (C=O) groups excluding carboxylic acids is 1. The second-order valence-electron chi connectivity index (χ2n) is 6.65. The van der Waals surface area contributed by atoms with E-state index in [9.17, 15) is 9.18 Å². The highest BCUT2D eigenvalue weighted by Crippen LogP contribution is 2.17. The summed E-state index contributed by atoms with van der Waals surface area (Å²) in [5.41, 5.74) is 0.998. The van der Waals surface area contributed by atoms with Gasteiger partial charge in [0.2, 0.25) is 5.91 Å². The van der Waals surface area contributed by atoms with Gasteiger partial charge in [-0.2, -0.15) is 0 Å². The molecular formula is C19H30FN5O. The fourth-order valence-electron chi connectivity index (χ4n) is 2.88. The summed E-state index contributed by atoms with van der Waals surface area (Å²) >= 11 is 0. The third-order valence-electron chi connectivity index (χ3n) is 4.19. The Morgan fingerprint density at radius 1 is 1.19 bits per heavy atom. The van der Waals surface area contributed by atoms with E-state index in [0.717, 1.165) is 31.3 Å². The number of piperazine rings is 1. The third kappa shape index (κ3) is 6.20. The maximum atomic E-state index is 13.0. The Hall–Kier alpha value is -2.31. The summed E-state index contributed by atoms with van der Waals surface area (Å²) in [5, 5.41) is 6.42. The number of rotatable bonds is 6. The minimum Gasteiger partial charge on any atom is -0.368 e. The second-order valence-corrected chi connectivity index (χ2v) is 6.65. The zero-order chi connectivity index (χ0) is 18.9. The number of amides is 1. The number of nitrogens with zero attached hydrogens (tertiary/aromatic N) is 3. The Morgan fingerprint density at radius 3 is 2.42 bits per heavy atom. The summed E-state index contributed by atoms with van der Waals surface area (Å²) in [4.78, 5) is 20.9. The molecule has 0 aromatic heterocycles. The molecule has 0 spiro atoms. The topological polar surface area (TPSA) is 60.0 Å². The monoisotopic (exact) mass is 363 g/mol. The molecule has 6 nitrogen and oxygen atoms in total. The third-order valence-corrected chi connectivity index (χ3v) is 4.19. The van der Waals surface area contributed by atoms with E-state index < -0.39 is 0 Å². The van der Waals surface area contributed by atoms with Gasteiger partial charge in [0, 0.05) is 50.9 Å². The lowest BCUT2D eigenvalue weighted by Gasteiger charge is -2.36. The molecule has 1 aliphatic heterocycles. The van der Waals surface area contributed by atoms with Gasteiger partial charge in [0.25, 0.3) is 0 Å². The summed E-state index contributed by atoms with van der Waals surface area (Å²) in [5.74, 6) is 0.649. The standard InChI is InChI=1S/C19H30FN5O/c1-4-21-19(23-15(2)3)22-10-9-18(26)25-13-11-24(12-14-25)17-7-5-16(20)6-8-17/h5-8,15H,4,9-14H2,1-3H3,(H2,21,22,23). The molecule has 0 unspecified atom stereocenters. The number of guanidine groups is 1. The minimum absolute atomic E-state index is 0.132. The van der Waals surface area contributed by atoms with Gasteiger partial charge in [0.05, 0.1) is 6.54 Å². The highest BCUT2D eigenvalue weighted by molar-refractivity contribution is 5.81. The Morgan fingerprint density at radius 2 is 1.85 bits per heavy atom. The predicted molar refractivity (Wildman–Crippen MR) is 104 cm³/mol. The van der Waals surface area contributed by atoms with Crippen LogP contribution in [0.4, 0.5) is 10.1 Å². The van der Waals surface area contributed by atoms with Crippen LogP contribution in [0.3, 0.4) is 0 Å². The molecule has 1 aromatic rings. The summed E-state index contributed by atoms with van der Waals surface area (Å²) in [6, 6.07) is 6.80. The van der Waals surface area contributed by atoms with Gasteiger partial charge < -0.3 is 20.4 Å². The van der Waals surface area contributed by atoms with Crippen LogP contribution in [-0.4, -0.2) is 62.1 Å². The fraction of sp³-hybridized carbons (Fsp3) is 0.579. The van der Waals surface area contributed by atoms with Crippen molar-refractivity contribution in [3.8, 4) is 0 Å². The smallest absolute Gasteiger partial charge is 0.224 e. The maximum Gasteiger partial charge on any atom is 0.224 e. The number of carbonyl (C=O) groups is 1. The first-order chi connectivity index (χ1) is 12.5. The molecule has 2 N–H and O–H groups in total. The summed E-state index contributed by atoms with van der Waals surface area (Å²) in [6.07, 6.45) is 0.408. The molecule has 1 aromatic carbocycles. The van der Waals surface area contributed by atoms with Gasteiger partial charge in [-0.1, -0.05) is 0 Å². The van der Waals surface area contributed by atoms with Crippen LogP contribution < -0.4 is 15.5 Å². The highest BCUT2D eigenvalue weighted by atomic mass is 19.1. The number of benzene rings is 1. The lowest BCUT2D eigenvalue weighted by molar-refractivity contribution is -0.131. The molecule has 0 bridgehead atoms. The molecule has 1 aliphatic rings. The van der Waals surface area contributed by atoms with Crippen molar-refractivity contribution in [3.05, 3.63) is 30.1 Å². The van der Waals surface area contributed by atoms with Gasteiger partial charge in [-0.15, -0.1) is 0 Å². The molecule has 7 heteroatoms. The van der Waals surface area contributed by atoms with Crippen LogP contribution >= 0.6 is 0 Å². The van der Waals surface area contributed by atoms with Gasteiger partial charge >= 0.3 is 0 Å². The van der Waals surface area contributed by atoms with Gasteiger partial charge in [-0.05, 0) is 45.0 Å². The van der Waals surface area contributed by atoms with Crippen LogP contribution in [0.25, 0.3) is 0 Å². The summed E-state index contributed by atoms with van der Waals surface area (Å²) in [7, 11) is 0. The Balaban J connectivity index is 1.78. The first-order valence-corrected chi connectivity index (χ1v) is 9.32. The maximum absolute atomic E-state index is 13.0. The van der Waals surface area contributed by atoms with Crippen LogP contribution in [0.15, 0.2) is 29.3 Å². The lowest BCUT2D eigenvalue weighted by Crippen LogP contribution is -2.49. The van der Waals surface area contributed by atoms with Crippen molar-refractivity contribution in [1.82, 2.24) is 15.5 Å². The SMILES string of the molecule is CCNC(=NCCC(=O)N1CCN(c2ccc(F)cc2)CC1)NC(C)C. The molecule has 1 amide bonds. The molecule has 1 heterocycles. The Bertz CT molecular complexity index is 594.